The van der Waals surface area contributed by atoms with Crippen molar-refractivity contribution in [3.05, 3.63) is 77.2 Å². The van der Waals surface area contributed by atoms with Gasteiger partial charge in [-0.1, -0.05) is 41.9 Å². The summed E-state index contributed by atoms with van der Waals surface area (Å²) in [6.45, 7) is -0.0848. The van der Waals surface area contributed by atoms with Gasteiger partial charge in [0.15, 0.2) is 6.61 Å². The lowest BCUT2D eigenvalue weighted by molar-refractivity contribution is -0.139. The molecule has 0 fully saturated rings. The summed E-state index contributed by atoms with van der Waals surface area (Å²) in [5, 5.41) is 8.39. The normalized spacial score (nSPS) is 10.9. The van der Waals surface area contributed by atoms with E-state index in [0.29, 0.717) is 10.9 Å². The van der Waals surface area contributed by atoms with E-state index < -0.39 is 5.97 Å². The third-order valence-corrected chi connectivity index (χ3v) is 3.32. The Morgan fingerprint density at radius 2 is 1.96 bits per heavy atom. The van der Waals surface area contributed by atoms with Gasteiger partial charge in [-0.05, 0) is 35.9 Å². The number of hydrogen-bond donors (Lipinski definition) is 0. The lowest BCUT2D eigenvalue weighted by Crippen LogP contribution is -2.00. The van der Waals surface area contributed by atoms with Gasteiger partial charge >= 0.3 is 5.97 Å². The second-order valence-electron chi connectivity index (χ2n) is 4.86. The highest BCUT2D eigenvalue weighted by Gasteiger charge is 2.09. The minimum atomic E-state index is -0.505. The summed E-state index contributed by atoms with van der Waals surface area (Å²) in [6, 6.07) is 16.5. The van der Waals surface area contributed by atoms with Crippen molar-refractivity contribution in [3.63, 3.8) is 0 Å². The fraction of sp³-hybridized carbons (Fsp3) is 0.0556. The summed E-state index contributed by atoms with van der Waals surface area (Å²) >= 11 is 5.88. The second kappa shape index (κ2) is 7.57. The monoisotopic (exact) mass is 340 g/mol. The summed E-state index contributed by atoms with van der Waals surface area (Å²) in [5.41, 5.74) is 1.62. The highest BCUT2D eigenvalue weighted by atomic mass is 35.5. The Morgan fingerprint density at radius 3 is 2.75 bits per heavy atom. The topological polar surface area (TPSA) is 65.2 Å². The van der Waals surface area contributed by atoms with Crippen LogP contribution >= 0.6 is 11.6 Å². The van der Waals surface area contributed by atoms with E-state index in [-0.39, 0.29) is 12.5 Å². The van der Waals surface area contributed by atoms with Crippen LogP contribution < -0.4 is 0 Å². The zero-order valence-electron chi connectivity index (χ0n) is 12.6. The number of halogens is 1. The molecule has 0 amide bonds. The molecular formula is C18H13ClN2O3. The average molecular weight is 341 g/mol. The van der Waals surface area contributed by atoms with E-state index in [4.69, 9.17) is 20.8 Å². The standard InChI is InChI=1S/C18H13ClN2O3/c19-15-8-4-5-13(11-15)9-10-17(22)23-12-16-20-21-18(24-16)14-6-2-1-3-7-14/h1-11H,12H2. The molecule has 0 aliphatic heterocycles. The first-order chi connectivity index (χ1) is 11.7. The molecule has 0 atom stereocenters. The molecule has 1 aromatic heterocycles. The maximum Gasteiger partial charge on any atom is 0.331 e. The average Bonchev–Trinajstić information content (AvgIpc) is 3.08. The van der Waals surface area contributed by atoms with Crippen LogP contribution in [0, 0.1) is 0 Å². The largest absolute Gasteiger partial charge is 0.452 e. The Labute approximate surface area is 143 Å². The number of hydrogen-bond acceptors (Lipinski definition) is 5. The summed E-state index contributed by atoms with van der Waals surface area (Å²) in [5.74, 6) is 0.115. The van der Waals surface area contributed by atoms with E-state index in [9.17, 15) is 4.79 Å². The van der Waals surface area contributed by atoms with Crippen LogP contribution in [0.5, 0.6) is 0 Å². The van der Waals surface area contributed by atoms with Crippen molar-refractivity contribution in [3.8, 4) is 11.5 Å². The lowest BCUT2D eigenvalue weighted by atomic mass is 10.2. The summed E-state index contributed by atoms with van der Waals surface area (Å²) in [7, 11) is 0. The van der Waals surface area contributed by atoms with E-state index >= 15 is 0 Å². The first kappa shape index (κ1) is 16.0. The van der Waals surface area contributed by atoms with Crippen LogP contribution in [0.25, 0.3) is 17.5 Å². The van der Waals surface area contributed by atoms with Crippen molar-refractivity contribution in [2.24, 2.45) is 0 Å². The molecular weight excluding hydrogens is 328 g/mol. The molecule has 2 aromatic carbocycles. The van der Waals surface area contributed by atoms with Crippen molar-refractivity contribution in [1.29, 1.82) is 0 Å². The summed E-state index contributed by atoms with van der Waals surface area (Å²) in [6.07, 6.45) is 2.94. The highest BCUT2D eigenvalue weighted by Crippen LogP contribution is 2.17. The van der Waals surface area contributed by atoms with Crippen LogP contribution in [-0.2, 0) is 16.1 Å². The molecule has 0 saturated heterocycles. The number of aromatic nitrogens is 2. The quantitative estimate of drug-likeness (QED) is 0.515. The van der Waals surface area contributed by atoms with Crippen LogP contribution in [0.4, 0.5) is 0 Å². The number of esters is 1. The molecule has 0 aliphatic carbocycles. The summed E-state index contributed by atoms with van der Waals surface area (Å²) in [4.78, 5) is 11.7. The van der Waals surface area contributed by atoms with E-state index in [1.165, 1.54) is 6.08 Å². The Morgan fingerprint density at radius 1 is 1.12 bits per heavy atom. The van der Waals surface area contributed by atoms with E-state index in [0.717, 1.165) is 11.1 Å². The predicted molar refractivity (Wildman–Crippen MR) is 90.0 cm³/mol. The maximum atomic E-state index is 11.7. The fourth-order valence-electron chi connectivity index (χ4n) is 1.96. The third-order valence-electron chi connectivity index (χ3n) is 3.09. The lowest BCUT2D eigenvalue weighted by Gasteiger charge is -1.98. The molecule has 120 valence electrons. The second-order valence-corrected chi connectivity index (χ2v) is 5.30. The molecule has 3 rings (SSSR count). The maximum absolute atomic E-state index is 11.7. The number of rotatable bonds is 5. The van der Waals surface area contributed by atoms with Gasteiger partial charge < -0.3 is 9.15 Å². The van der Waals surface area contributed by atoms with E-state index in [1.807, 2.05) is 36.4 Å². The molecule has 5 nitrogen and oxygen atoms in total. The number of carbonyl (C=O) groups excluding carboxylic acids is 1. The van der Waals surface area contributed by atoms with Gasteiger partial charge in [-0.25, -0.2) is 4.79 Å². The van der Waals surface area contributed by atoms with Crippen molar-refractivity contribution >= 4 is 23.6 Å². The Bertz CT molecular complexity index is 859. The number of ether oxygens (including phenoxy) is 1. The summed E-state index contributed by atoms with van der Waals surface area (Å²) < 4.78 is 10.5. The first-order valence-electron chi connectivity index (χ1n) is 7.19. The van der Waals surface area contributed by atoms with Crippen molar-refractivity contribution in [2.45, 2.75) is 6.61 Å². The highest BCUT2D eigenvalue weighted by molar-refractivity contribution is 6.30. The van der Waals surface area contributed by atoms with Crippen molar-refractivity contribution in [2.75, 3.05) is 0 Å². The number of benzene rings is 2. The van der Waals surface area contributed by atoms with Crippen molar-refractivity contribution < 1.29 is 13.9 Å². The van der Waals surface area contributed by atoms with Crippen LogP contribution in [0.3, 0.4) is 0 Å². The molecule has 0 N–H and O–H groups in total. The van der Waals surface area contributed by atoms with E-state index in [1.54, 1.807) is 24.3 Å². The molecule has 24 heavy (non-hydrogen) atoms. The number of nitrogens with zero attached hydrogens (tertiary/aromatic N) is 2. The molecule has 0 bridgehead atoms. The molecule has 1 heterocycles. The minimum absolute atomic E-state index is 0.0848. The zero-order chi connectivity index (χ0) is 16.8. The van der Waals surface area contributed by atoms with Gasteiger partial charge in [0.2, 0.25) is 5.89 Å². The van der Waals surface area contributed by atoms with Crippen LogP contribution in [-0.4, -0.2) is 16.2 Å². The molecule has 0 saturated carbocycles. The molecule has 0 unspecified atom stereocenters. The van der Waals surface area contributed by atoms with Gasteiger partial charge in [0.05, 0.1) is 0 Å². The minimum Gasteiger partial charge on any atom is -0.452 e. The predicted octanol–water partition coefficient (Wildman–Crippen LogP) is 4.15. The van der Waals surface area contributed by atoms with Crippen LogP contribution in [0.2, 0.25) is 5.02 Å². The molecule has 6 heteroatoms. The Kier molecular flexibility index (Phi) is 5.03. The first-order valence-corrected chi connectivity index (χ1v) is 7.57. The van der Waals surface area contributed by atoms with Gasteiger partial charge in [0.1, 0.15) is 0 Å². The molecule has 0 aliphatic rings. The van der Waals surface area contributed by atoms with Crippen LogP contribution in [0.15, 0.2) is 65.1 Å². The van der Waals surface area contributed by atoms with Crippen molar-refractivity contribution in [1.82, 2.24) is 10.2 Å². The SMILES string of the molecule is O=C(C=Cc1cccc(Cl)c1)OCc1nnc(-c2ccccc2)o1. The van der Waals surface area contributed by atoms with Gasteiger partial charge in [-0.3, -0.25) is 0 Å². The van der Waals surface area contributed by atoms with Gasteiger partial charge in [0.25, 0.3) is 5.89 Å². The Hall–Kier alpha value is -2.92. The smallest absolute Gasteiger partial charge is 0.331 e. The number of carbonyl (C=O) groups is 1. The van der Waals surface area contributed by atoms with Gasteiger partial charge in [-0.15, -0.1) is 10.2 Å². The molecule has 3 aromatic rings. The fourth-order valence-corrected chi connectivity index (χ4v) is 2.16. The van der Waals surface area contributed by atoms with Gasteiger partial charge in [-0.2, -0.15) is 0 Å². The van der Waals surface area contributed by atoms with E-state index in [2.05, 4.69) is 10.2 Å². The third kappa shape index (κ3) is 4.30. The zero-order valence-corrected chi connectivity index (χ0v) is 13.3. The molecule has 0 spiro atoms. The molecule has 0 radical (unpaired) electrons. The van der Waals surface area contributed by atoms with Crippen LogP contribution in [0.1, 0.15) is 11.5 Å². The van der Waals surface area contributed by atoms with Gasteiger partial charge in [0, 0.05) is 16.7 Å². The Balaban J connectivity index is 1.56.